The topological polar surface area (TPSA) is 99.0 Å². The monoisotopic (exact) mass is 420 g/mol. The molecule has 0 bridgehead atoms. The Labute approximate surface area is 172 Å². The summed E-state index contributed by atoms with van der Waals surface area (Å²) in [4.78, 5) is 37.8. The number of hydrogen-bond donors (Lipinski definition) is 0. The van der Waals surface area contributed by atoms with Gasteiger partial charge in [-0.2, -0.15) is 0 Å². The Bertz CT molecular complexity index is 870. The van der Waals surface area contributed by atoms with Crippen molar-refractivity contribution in [2.45, 2.75) is 37.6 Å². The van der Waals surface area contributed by atoms with E-state index >= 15 is 0 Å². The number of methoxy groups -OCH3 is 2. The van der Waals surface area contributed by atoms with Crippen molar-refractivity contribution in [3.05, 3.63) is 62.4 Å². The van der Waals surface area contributed by atoms with E-state index in [0.717, 1.165) is 25.7 Å². The van der Waals surface area contributed by atoms with E-state index < -0.39 is 22.8 Å². The first-order chi connectivity index (χ1) is 13.9. The Hall–Kier alpha value is -2.87. The van der Waals surface area contributed by atoms with Crippen LogP contribution in [0.5, 0.6) is 0 Å². The number of nitro groups is 1. The molecule has 9 heteroatoms. The Morgan fingerprint density at radius 3 is 2.14 bits per heavy atom. The molecule has 1 aliphatic carbocycles. The molecule has 29 heavy (non-hydrogen) atoms. The van der Waals surface area contributed by atoms with Crippen LogP contribution in [-0.2, 0) is 19.1 Å². The lowest BCUT2D eigenvalue weighted by molar-refractivity contribution is -0.384. The molecule has 0 amide bonds. The second kappa shape index (κ2) is 8.65. The van der Waals surface area contributed by atoms with E-state index in [9.17, 15) is 19.7 Å². The zero-order valence-corrected chi connectivity index (χ0v) is 16.8. The van der Waals surface area contributed by atoms with Crippen molar-refractivity contribution in [3.8, 4) is 0 Å². The number of nitro benzene ring substituents is 1. The predicted octanol–water partition coefficient (Wildman–Crippen LogP) is 3.70. The van der Waals surface area contributed by atoms with Gasteiger partial charge in [-0.05, 0) is 24.5 Å². The van der Waals surface area contributed by atoms with Gasteiger partial charge in [0.05, 0.1) is 36.2 Å². The Morgan fingerprint density at radius 2 is 1.66 bits per heavy atom. The van der Waals surface area contributed by atoms with Crippen molar-refractivity contribution < 1.29 is 24.0 Å². The third-order valence-electron chi connectivity index (χ3n) is 5.29. The molecule has 1 saturated carbocycles. The number of rotatable bonds is 5. The Morgan fingerprint density at radius 1 is 1.10 bits per heavy atom. The van der Waals surface area contributed by atoms with Gasteiger partial charge in [0.15, 0.2) is 0 Å². The lowest BCUT2D eigenvalue weighted by Crippen LogP contribution is -2.33. The quantitative estimate of drug-likeness (QED) is 0.406. The van der Waals surface area contributed by atoms with E-state index in [4.69, 9.17) is 21.1 Å². The number of halogens is 1. The molecule has 0 N–H and O–H groups in total. The van der Waals surface area contributed by atoms with Crippen molar-refractivity contribution in [1.82, 2.24) is 4.90 Å². The summed E-state index contributed by atoms with van der Waals surface area (Å²) in [7, 11) is 2.50. The van der Waals surface area contributed by atoms with Crippen LogP contribution in [0.1, 0.15) is 37.2 Å². The number of esters is 2. The van der Waals surface area contributed by atoms with Gasteiger partial charge in [0.1, 0.15) is 5.02 Å². The number of benzene rings is 1. The highest BCUT2D eigenvalue weighted by Gasteiger charge is 2.37. The van der Waals surface area contributed by atoms with Crippen LogP contribution in [0.2, 0.25) is 5.02 Å². The maximum Gasteiger partial charge on any atom is 0.336 e. The molecule has 0 aromatic heterocycles. The molecule has 0 saturated heterocycles. The largest absolute Gasteiger partial charge is 0.466 e. The summed E-state index contributed by atoms with van der Waals surface area (Å²) in [5.41, 5.74) is 0.481. The summed E-state index contributed by atoms with van der Waals surface area (Å²) >= 11 is 5.93. The lowest BCUT2D eigenvalue weighted by Gasteiger charge is -2.33. The molecule has 1 heterocycles. The average molecular weight is 421 g/mol. The predicted molar refractivity (Wildman–Crippen MR) is 105 cm³/mol. The van der Waals surface area contributed by atoms with E-state index in [1.165, 1.54) is 26.4 Å². The highest BCUT2D eigenvalue weighted by molar-refractivity contribution is 6.32. The van der Waals surface area contributed by atoms with E-state index in [1.807, 2.05) is 4.90 Å². The fourth-order valence-electron chi connectivity index (χ4n) is 3.87. The van der Waals surface area contributed by atoms with Gasteiger partial charge in [0.25, 0.3) is 5.69 Å². The summed E-state index contributed by atoms with van der Waals surface area (Å²) in [6.45, 7) is 0. The molecular formula is C20H21ClN2O6. The fourth-order valence-corrected chi connectivity index (χ4v) is 4.06. The molecule has 2 aliphatic rings. The SMILES string of the molecule is COC(=O)C1=CN(C2CCCC2)C=C(C(=O)OC)C1c1ccc(Cl)c([N+](=O)[O-])c1. The Balaban J connectivity index is 2.15. The molecule has 0 spiro atoms. The summed E-state index contributed by atoms with van der Waals surface area (Å²) in [5.74, 6) is -2.11. The molecular weight excluding hydrogens is 400 g/mol. The van der Waals surface area contributed by atoms with Gasteiger partial charge in [-0.3, -0.25) is 10.1 Å². The van der Waals surface area contributed by atoms with Crippen LogP contribution >= 0.6 is 11.6 Å². The first-order valence-corrected chi connectivity index (χ1v) is 9.56. The van der Waals surface area contributed by atoms with Gasteiger partial charge in [-0.1, -0.05) is 30.5 Å². The van der Waals surface area contributed by atoms with E-state index in [1.54, 1.807) is 18.5 Å². The molecule has 154 valence electrons. The standard InChI is InChI=1S/C20H21ClN2O6/c1-28-19(24)14-10-22(13-5-3-4-6-13)11-15(20(25)29-2)18(14)12-7-8-16(21)17(9-12)23(26)27/h7-11,13,18H,3-6H2,1-2H3. The van der Waals surface area contributed by atoms with Crippen molar-refractivity contribution in [2.75, 3.05) is 14.2 Å². The highest BCUT2D eigenvalue weighted by atomic mass is 35.5. The third-order valence-corrected chi connectivity index (χ3v) is 5.61. The molecule has 0 unspecified atom stereocenters. The van der Waals surface area contributed by atoms with Crippen LogP contribution in [0.15, 0.2) is 41.7 Å². The smallest absolute Gasteiger partial charge is 0.336 e. The minimum absolute atomic E-state index is 0.0330. The highest BCUT2D eigenvalue weighted by Crippen LogP contribution is 2.41. The van der Waals surface area contributed by atoms with Gasteiger partial charge in [-0.25, -0.2) is 9.59 Å². The molecule has 8 nitrogen and oxygen atoms in total. The number of nitrogens with zero attached hydrogens (tertiary/aromatic N) is 2. The number of ether oxygens (including phenoxy) is 2. The maximum absolute atomic E-state index is 12.6. The van der Waals surface area contributed by atoms with E-state index in [0.29, 0.717) is 5.56 Å². The summed E-state index contributed by atoms with van der Waals surface area (Å²) in [6.07, 6.45) is 7.34. The first-order valence-electron chi connectivity index (χ1n) is 9.18. The number of carbonyl (C=O) groups excluding carboxylic acids is 2. The molecule has 1 aliphatic heterocycles. The van der Waals surface area contributed by atoms with Gasteiger partial charge in [0.2, 0.25) is 0 Å². The molecule has 1 aromatic rings. The normalized spacial score (nSPS) is 17.6. The third kappa shape index (κ3) is 4.12. The molecule has 1 aromatic carbocycles. The minimum Gasteiger partial charge on any atom is -0.466 e. The van der Waals surface area contributed by atoms with Crippen LogP contribution in [0.4, 0.5) is 5.69 Å². The maximum atomic E-state index is 12.6. The van der Waals surface area contributed by atoms with Crippen molar-refractivity contribution in [3.63, 3.8) is 0 Å². The zero-order valence-electron chi connectivity index (χ0n) is 16.1. The molecule has 0 atom stereocenters. The Kier molecular flexibility index (Phi) is 6.22. The number of carbonyl (C=O) groups is 2. The summed E-state index contributed by atoms with van der Waals surface area (Å²) in [5, 5.41) is 11.3. The van der Waals surface area contributed by atoms with E-state index in [-0.39, 0.29) is 27.9 Å². The number of hydrogen-bond acceptors (Lipinski definition) is 7. The van der Waals surface area contributed by atoms with Crippen molar-refractivity contribution in [2.24, 2.45) is 0 Å². The molecule has 3 rings (SSSR count). The van der Waals surface area contributed by atoms with Gasteiger partial charge in [-0.15, -0.1) is 0 Å². The lowest BCUT2D eigenvalue weighted by atomic mass is 9.83. The van der Waals surface area contributed by atoms with E-state index in [2.05, 4.69) is 0 Å². The second-order valence-corrected chi connectivity index (χ2v) is 7.35. The molecule has 1 fully saturated rings. The van der Waals surface area contributed by atoms with Crippen LogP contribution < -0.4 is 0 Å². The average Bonchev–Trinajstić information content (AvgIpc) is 3.26. The van der Waals surface area contributed by atoms with Gasteiger partial charge >= 0.3 is 11.9 Å². The van der Waals surface area contributed by atoms with Gasteiger partial charge in [0, 0.05) is 24.5 Å². The van der Waals surface area contributed by atoms with Crippen LogP contribution in [-0.4, -0.2) is 42.0 Å². The second-order valence-electron chi connectivity index (χ2n) is 6.94. The fraction of sp³-hybridized carbons (Fsp3) is 0.400. The van der Waals surface area contributed by atoms with Crippen LogP contribution in [0.3, 0.4) is 0 Å². The van der Waals surface area contributed by atoms with Gasteiger partial charge < -0.3 is 14.4 Å². The first kappa shape index (κ1) is 20.9. The summed E-state index contributed by atoms with van der Waals surface area (Å²) in [6, 6.07) is 4.36. The molecule has 0 radical (unpaired) electrons. The zero-order chi connectivity index (χ0) is 21.1. The van der Waals surface area contributed by atoms with Crippen molar-refractivity contribution >= 4 is 29.2 Å². The van der Waals surface area contributed by atoms with Crippen LogP contribution in [0.25, 0.3) is 0 Å². The minimum atomic E-state index is -0.872. The van der Waals surface area contributed by atoms with Crippen LogP contribution in [0, 0.1) is 10.1 Å². The van der Waals surface area contributed by atoms with Crippen molar-refractivity contribution in [1.29, 1.82) is 0 Å². The summed E-state index contributed by atoms with van der Waals surface area (Å²) < 4.78 is 9.88.